The van der Waals surface area contributed by atoms with E-state index in [1.807, 2.05) is 27.8 Å². The van der Waals surface area contributed by atoms with E-state index in [9.17, 15) is 4.79 Å². The maximum absolute atomic E-state index is 12.7. The summed E-state index contributed by atoms with van der Waals surface area (Å²) in [7, 11) is 0. The predicted molar refractivity (Wildman–Crippen MR) is 109 cm³/mol. The minimum absolute atomic E-state index is 0.241. The zero-order valence-electron chi connectivity index (χ0n) is 16.4. The smallest absolute Gasteiger partial charge is 0.225 e. The van der Waals surface area contributed by atoms with Crippen LogP contribution in [0.15, 0.2) is 36.7 Å². The SMILES string of the molecule is O=C(C1CCCC1)N1CCN(c2ncnc3c2nnn3Cc2ccccc2)CC1. The average molecular weight is 391 g/mol. The zero-order chi connectivity index (χ0) is 19.6. The Labute approximate surface area is 169 Å². The standard InChI is InChI=1S/C21H25N7O/c29-21(17-8-4-5-9-17)27-12-10-26(11-13-27)19-18-20(23-15-22-19)28(25-24-18)14-16-6-2-1-3-7-16/h1-3,6-7,15,17H,4-5,8-14H2. The van der Waals surface area contributed by atoms with E-state index < -0.39 is 0 Å². The van der Waals surface area contributed by atoms with Crippen molar-refractivity contribution in [2.45, 2.75) is 32.2 Å². The number of carbonyl (C=O) groups excluding carboxylic acids is 1. The van der Waals surface area contributed by atoms with Crippen molar-refractivity contribution in [3.63, 3.8) is 0 Å². The Bertz CT molecular complexity index is 989. The molecule has 0 radical (unpaired) electrons. The molecule has 3 aromatic rings. The van der Waals surface area contributed by atoms with Crippen LogP contribution in [0.5, 0.6) is 0 Å². The van der Waals surface area contributed by atoms with Crippen LogP contribution >= 0.6 is 0 Å². The van der Waals surface area contributed by atoms with Gasteiger partial charge in [0.25, 0.3) is 0 Å². The molecule has 1 saturated heterocycles. The largest absolute Gasteiger partial charge is 0.351 e. The van der Waals surface area contributed by atoms with Crippen LogP contribution in [0, 0.1) is 5.92 Å². The van der Waals surface area contributed by atoms with Crippen LogP contribution in [-0.4, -0.2) is 61.9 Å². The molecule has 3 heterocycles. The first-order valence-electron chi connectivity index (χ1n) is 10.4. The highest BCUT2D eigenvalue weighted by molar-refractivity contribution is 5.83. The monoisotopic (exact) mass is 391 g/mol. The van der Waals surface area contributed by atoms with Gasteiger partial charge in [0.2, 0.25) is 5.91 Å². The van der Waals surface area contributed by atoms with Crippen LogP contribution in [0.1, 0.15) is 31.2 Å². The number of hydrogen-bond donors (Lipinski definition) is 0. The molecule has 2 fully saturated rings. The van der Waals surface area contributed by atoms with E-state index in [0.717, 1.165) is 61.6 Å². The second-order valence-corrected chi connectivity index (χ2v) is 7.90. The molecule has 0 spiro atoms. The summed E-state index contributed by atoms with van der Waals surface area (Å²) < 4.78 is 1.82. The summed E-state index contributed by atoms with van der Waals surface area (Å²) in [6.45, 7) is 3.61. The van der Waals surface area contributed by atoms with Crippen molar-refractivity contribution in [2.24, 2.45) is 5.92 Å². The highest BCUT2D eigenvalue weighted by Crippen LogP contribution is 2.28. The molecule has 1 saturated carbocycles. The number of anilines is 1. The van der Waals surface area contributed by atoms with Gasteiger partial charge < -0.3 is 9.80 Å². The van der Waals surface area contributed by atoms with E-state index in [2.05, 4.69) is 37.3 Å². The molecule has 1 aliphatic heterocycles. The first-order valence-corrected chi connectivity index (χ1v) is 10.4. The zero-order valence-corrected chi connectivity index (χ0v) is 16.4. The lowest BCUT2D eigenvalue weighted by molar-refractivity contribution is -0.135. The molecule has 0 unspecified atom stereocenters. The van der Waals surface area contributed by atoms with E-state index in [0.29, 0.717) is 12.5 Å². The van der Waals surface area contributed by atoms with Crippen molar-refractivity contribution in [1.82, 2.24) is 29.9 Å². The molecule has 0 N–H and O–H groups in total. The van der Waals surface area contributed by atoms with E-state index >= 15 is 0 Å². The fourth-order valence-electron chi connectivity index (χ4n) is 4.44. The van der Waals surface area contributed by atoms with Gasteiger partial charge in [0.15, 0.2) is 17.0 Å². The number of benzene rings is 1. The third kappa shape index (κ3) is 3.54. The summed E-state index contributed by atoms with van der Waals surface area (Å²) >= 11 is 0. The minimum Gasteiger partial charge on any atom is -0.351 e. The Morgan fingerprint density at radius 3 is 2.52 bits per heavy atom. The minimum atomic E-state index is 0.241. The highest BCUT2D eigenvalue weighted by Gasteiger charge is 2.30. The third-order valence-corrected chi connectivity index (χ3v) is 6.05. The molecule has 1 aliphatic carbocycles. The number of carbonyl (C=O) groups is 1. The fourth-order valence-corrected chi connectivity index (χ4v) is 4.44. The van der Waals surface area contributed by atoms with E-state index in [1.165, 1.54) is 12.8 Å². The lowest BCUT2D eigenvalue weighted by atomic mass is 10.1. The van der Waals surface area contributed by atoms with Gasteiger partial charge in [0.1, 0.15) is 6.33 Å². The van der Waals surface area contributed by atoms with Crippen LogP contribution < -0.4 is 4.90 Å². The molecule has 5 rings (SSSR count). The number of fused-ring (bicyclic) bond motifs is 1. The number of nitrogens with zero attached hydrogens (tertiary/aromatic N) is 7. The molecule has 150 valence electrons. The Hall–Kier alpha value is -3.03. The van der Waals surface area contributed by atoms with Gasteiger partial charge in [0.05, 0.1) is 6.54 Å². The molecule has 1 amide bonds. The molecule has 8 nitrogen and oxygen atoms in total. The van der Waals surface area contributed by atoms with Gasteiger partial charge in [-0.15, -0.1) is 5.10 Å². The Kier molecular flexibility index (Phi) is 4.83. The second-order valence-electron chi connectivity index (χ2n) is 7.90. The topological polar surface area (TPSA) is 80.0 Å². The molecule has 2 aromatic heterocycles. The summed E-state index contributed by atoms with van der Waals surface area (Å²) in [5, 5.41) is 8.69. The molecule has 0 bridgehead atoms. The number of amides is 1. The van der Waals surface area contributed by atoms with Gasteiger partial charge in [-0.3, -0.25) is 4.79 Å². The first kappa shape index (κ1) is 18.0. The molecular weight excluding hydrogens is 366 g/mol. The molecule has 29 heavy (non-hydrogen) atoms. The van der Waals surface area contributed by atoms with Gasteiger partial charge >= 0.3 is 0 Å². The molecular formula is C21H25N7O. The maximum Gasteiger partial charge on any atom is 0.225 e. The molecule has 8 heteroatoms. The van der Waals surface area contributed by atoms with Crippen molar-refractivity contribution in [2.75, 3.05) is 31.1 Å². The van der Waals surface area contributed by atoms with Crippen molar-refractivity contribution in [3.05, 3.63) is 42.2 Å². The Morgan fingerprint density at radius 1 is 1.00 bits per heavy atom. The van der Waals surface area contributed by atoms with Crippen LogP contribution in [0.4, 0.5) is 5.82 Å². The number of aromatic nitrogens is 5. The number of hydrogen-bond acceptors (Lipinski definition) is 6. The van der Waals surface area contributed by atoms with Gasteiger partial charge in [-0.05, 0) is 18.4 Å². The molecule has 2 aliphatic rings. The summed E-state index contributed by atoms with van der Waals surface area (Å²) in [5.74, 6) is 1.39. The Balaban J connectivity index is 1.31. The van der Waals surface area contributed by atoms with E-state index in [-0.39, 0.29) is 5.92 Å². The fraction of sp³-hybridized carbons (Fsp3) is 0.476. The normalized spacial score (nSPS) is 17.9. The van der Waals surface area contributed by atoms with E-state index in [1.54, 1.807) is 6.33 Å². The van der Waals surface area contributed by atoms with Gasteiger partial charge in [0, 0.05) is 32.1 Å². The lowest BCUT2D eigenvalue weighted by Gasteiger charge is -2.36. The molecule has 1 aromatic carbocycles. The van der Waals surface area contributed by atoms with Crippen molar-refractivity contribution in [3.8, 4) is 0 Å². The quantitative estimate of drug-likeness (QED) is 0.678. The highest BCUT2D eigenvalue weighted by atomic mass is 16.2. The van der Waals surface area contributed by atoms with Crippen molar-refractivity contribution < 1.29 is 4.79 Å². The summed E-state index contributed by atoms with van der Waals surface area (Å²) in [5.41, 5.74) is 2.61. The summed E-state index contributed by atoms with van der Waals surface area (Å²) in [6.07, 6.45) is 6.06. The van der Waals surface area contributed by atoms with Crippen molar-refractivity contribution >= 4 is 22.9 Å². The average Bonchev–Trinajstić information content (AvgIpc) is 3.45. The summed E-state index contributed by atoms with van der Waals surface area (Å²) in [6, 6.07) is 10.2. The van der Waals surface area contributed by atoms with Gasteiger partial charge in [-0.1, -0.05) is 48.4 Å². The maximum atomic E-state index is 12.7. The third-order valence-electron chi connectivity index (χ3n) is 6.05. The van der Waals surface area contributed by atoms with Crippen LogP contribution in [-0.2, 0) is 11.3 Å². The molecule has 0 atom stereocenters. The Morgan fingerprint density at radius 2 is 1.76 bits per heavy atom. The summed E-state index contributed by atoms with van der Waals surface area (Å²) in [4.78, 5) is 25.8. The predicted octanol–water partition coefficient (Wildman–Crippen LogP) is 2.11. The van der Waals surface area contributed by atoms with Gasteiger partial charge in [-0.25, -0.2) is 14.6 Å². The van der Waals surface area contributed by atoms with Crippen molar-refractivity contribution in [1.29, 1.82) is 0 Å². The van der Waals surface area contributed by atoms with Crippen LogP contribution in [0.3, 0.4) is 0 Å². The number of rotatable bonds is 4. The van der Waals surface area contributed by atoms with Gasteiger partial charge in [-0.2, -0.15) is 0 Å². The lowest BCUT2D eigenvalue weighted by Crippen LogP contribution is -2.50. The first-order chi connectivity index (χ1) is 14.3. The second kappa shape index (κ2) is 7.77. The van der Waals surface area contributed by atoms with Crippen LogP contribution in [0.2, 0.25) is 0 Å². The number of piperazine rings is 1. The van der Waals surface area contributed by atoms with E-state index in [4.69, 9.17) is 0 Å². The van der Waals surface area contributed by atoms with Crippen LogP contribution in [0.25, 0.3) is 11.2 Å².